The van der Waals surface area contributed by atoms with Gasteiger partial charge in [-0.05, 0) is 25.7 Å². The van der Waals surface area contributed by atoms with Crippen molar-refractivity contribution in [3.05, 3.63) is 0 Å². The summed E-state index contributed by atoms with van der Waals surface area (Å²) >= 11 is 0. The number of hydrogen-bond donors (Lipinski definition) is 1. The average Bonchev–Trinajstić information content (AvgIpc) is 2.72. The molecular weight excluding hydrogens is 487 g/mol. The summed E-state index contributed by atoms with van der Waals surface area (Å²) in [5, 5.41) is 10.9. The Kier molecular flexibility index (Phi) is 21.9. The Labute approximate surface area is 202 Å². The molecule has 0 heterocycles. The van der Waals surface area contributed by atoms with Gasteiger partial charge in [-0.3, -0.25) is 4.79 Å². The molecule has 0 aromatic heterocycles. The number of esters is 2. The van der Waals surface area contributed by atoms with Gasteiger partial charge in [0.15, 0.2) is 5.60 Å². The monoisotopic (exact) mass is 536 g/mol. The molecule has 2 unspecified atom stereocenters. The Morgan fingerprint density at radius 1 is 0.733 bits per heavy atom. The van der Waals surface area contributed by atoms with Gasteiger partial charge in [-0.25, -0.2) is 4.79 Å². The molecule has 0 spiro atoms. The normalized spacial score (nSPS) is 13.8. The van der Waals surface area contributed by atoms with Crippen LogP contribution in [0.25, 0.3) is 0 Å². The minimum absolute atomic E-state index is 0. The molecule has 0 aromatic rings. The number of rotatable bonds is 19. The molecule has 0 bridgehead atoms. The van der Waals surface area contributed by atoms with Crippen LogP contribution in [-0.4, -0.2) is 59.8 Å². The molecule has 0 rings (SSSR count). The van der Waals surface area contributed by atoms with Crippen LogP contribution in [-0.2, 0) is 19.1 Å². The van der Waals surface area contributed by atoms with E-state index in [0.29, 0.717) is 13.0 Å². The van der Waals surface area contributed by atoms with Crippen molar-refractivity contribution in [1.29, 1.82) is 0 Å². The van der Waals surface area contributed by atoms with E-state index in [1.165, 1.54) is 38.5 Å². The van der Waals surface area contributed by atoms with Gasteiger partial charge in [-0.15, -0.1) is 0 Å². The summed E-state index contributed by atoms with van der Waals surface area (Å²) in [4.78, 5) is 25.0. The second-order valence-corrected chi connectivity index (χ2v) is 8.08. The van der Waals surface area contributed by atoms with Gasteiger partial charge in [-0.1, -0.05) is 91.9 Å². The third kappa shape index (κ3) is 13.2. The van der Waals surface area contributed by atoms with Crippen LogP contribution >= 0.6 is 0 Å². The predicted molar refractivity (Wildman–Crippen MR) is 126 cm³/mol. The van der Waals surface area contributed by atoms with Gasteiger partial charge in [0.05, 0.1) is 19.1 Å². The number of unbranched alkanes of at least 4 members (excludes halogenated alkanes) is 10. The molecule has 0 amide bonds. The van der Waals surface area contributed by atoms with Gasteiger partial charge in [0.1, 0.15) is 0 Å². The van der Waals surface area contributed by atoms with E-state index in [2.05, 4.69) is 13.8 Å². The summed E-state index contributed by atoms with van der Waals surface area (Å²) in [7, 11) is 0. The van der Waals surface area contributed by atoms with Crippen molar-refractivity contribution in [1.82, 2.24) is 0 Å². The first-order chi connectivity index (χ1) is 14.0. The molecule has 0 fully saturated rings. The van der Waals surface area contributed by atoms with Crippen molar-refractivity contribution in [2.24, 2.45) is 5.92 Å². The number of carbonyl (C=O) groups is 2. The summed E-state index contributed by atoms with van der Waals surface area (Å²) in [6.45, 7) is 8.48. The number of ether oxygens (including phenoxy) is 2. The molecule has 0 saturated heterocycles. The molecule has 5 nitrogen and oxygen atoms in total. The Hall–Kier alpha value is -0.301. The molecular formula is C24H48O5Sn. The van der Waals surface area contributed by atoms with E-state index in [-0.39, 0.29) is 36.9 Å². The summed E-state index contributed by atoms with van der Waals surface area (Å²) in [5.41, 5.74) is -1.81. The molecule has 2 atom stereocenters. The summed E-state index contributed by atoms with van der Waals surface area (Å²) < 4.78 is 10.7. The molecule has 30 heavy (non-hydrogen) atoms. The maximum absolute atomic E-state index is 12.5. The van der Waals surface area contributed by atoms with E-state index in [0.717, 1.165) is 38.5 Å². The van der Waals surface area contributed by atoms with Gasteiger partial charge in [0, 0.05) is 0 Å². The molecule has 0 aromatic carbocycles. The van der Waals surface area contributed by atoms with Gasteiger partial charge in [0.2, 0.25) is 0 Å². The van der Waals surface area contributed by atoms with Crippen molar-refractivity contribution in [3.8, 4) is 0 Å². The van der Waals surface area contributed by atoms with Gasteiger partial charge >= 0.3 is 35.8 Å². The second kappa shape index (κ2) is 20.6. The molecule has 0 saturated carbocycles. The Balaban J connectivity index is 0. The maximum atomic E-state index is 12.5. The quantitative estimate of drug-likeness (QED) is 0.143. The van der Waals surface area contributed by atoms with E-state index >= 15 is 0 Å². The molecule has 0 aliphatic heterocycles. The van der Waals surface area contributed by atoms with Gasteiger partial charge < -0.3 is 14.6 Å². The zero-order valence-corrected chi connectivity index (χ0v) is 24.2. The van der Waals surface area contributed by atoms with Crippen LogP contribution in [0.5, 0.6) is 0 Å². The zero-order valence-electron chi connectivity index (χ0n) is 20.2. The Morgan fingerprint density at radius 3 is 1.60 bits per heavy atom. The van der Waals surface area contributed by atoms with Crippen LogP contribution in [0.2, 0.25) is 0 Å². The summed E-state index contributed by atoms with van der Waals surface area (Å²) in [5.74, 6) is -2.08. The molecule has 1 N–H and O–H groups in total. The number of carbonyl (C=O) groups excluding carboxylic acids is 2. The third-order valence-corrected chi connectivity index (χ3v) is 5.63. The Morgan fingerprint density at radius 2 is 1.17 bits per heavy atom. The van der Waals surface area contributed by atoms with Gasteiger partial charge in [-0.2, -0.15) is 0 Å². The fraction of sp³-hybridized carbons (Fsp3) is 0.917. The van der Waals surface area contributed by atoms with Crippen molar-refractivity contribution < 1.29 is 24.2 Å². The number of aliphatic hydroxyl groups is 1. The summed E-state index contributed by atoms with van der Waals surface area (Å²) in [6, 6.07) is 0. The topological polar surface area (TPSA) is 72.8 Å². The number of hydrogen-bond acceptors (Lipinski definition) is 5. The standard InChI is InChI=1S/C24H46O5.Sn.2H/c1-5-9-11-13-15-17-19-28-22(25)21(7-3)24(27,8-4)23(26)29-20-18-16-14-12-10-6-2;;;/h21,27H,5-20H2,1-4H3;;;. The van der Waals surface area contributed by atoms with E-state index in [9.17, 15) is 14.7 Å². The fourth-order valence-corrected chi connectivity index (χ4v) is 3.56. The minimum atomic E-state index is -1.81. The molecule has 0 aliphatic carbocycles. The molecule has 0 aliphatic rings. The van der Waals surface area contributed by atoms with Crippen molar-refractivity contribution in [2.75, 3.05) is 13.2 Å². The van der Waals surface area contributed by atoms with Crippen molar-refractivity contribution in [3.63, 3.8) is 0 Å². The van der Waals surface area contributed by atoms with E-state index in [4.69, 9.17) is 9.47 Å². The van der Waals surface area contributed by atoms with Crippen LogP contribution in [0.3, 0.4) is 0 Å². The fourth-order valence-electron chi connectivity index (χ4n) is 3.56. The first kappa shape index (κ1) is 31.9. The third-order valence-electron chi connectivity index (χ3n) is 5.63. The SMILES string of the molecule is CCCCCCCCOC(=O)C(CC)C(O)(CC)C(=O)OCCCCCCCC.[SnH2]. The zero-order chi connectivity index (χ0) is 22.0. The van der Waals surface area contributed by atoms with Crippen LogP contribution in [0.15, 0.2) is 0 Å². The van der Waals surface area contributed by atoms with Crippen LogP contribution in [0.4, 0.5) is 0 Å². The van der Waals surface area contributed by atoms with E-state index < -0.39 is 23.5 Å². The predicted octanol–water partition coefficient (Wildman–Crippen LogP) is 5.04. The van der Waals surface area contributed by atoms with Crippen LogP contribution < -0.4 is 0 Å². The Bertz CT molecular complexity index is 430. The van der Waals surface area contributed by atoms with Crippen LogP contribution in [0, 0.1) is 5.92 Å². The molecule has 178 valence electrons. The van der Waals surface area contributed by atoms with Gasteiger partial charge in [0.25, 0.3) is 0 Å². The van der Waals surface area contributed by atoms with Crippen molar-refractivity contribution >= 4 is 35.8 Å². The van der Waals surface area contributed by atoms with Crippen molar-refractivity contribution in [2.45, 2.75) is 123 Å². The van der Waals surface area contributed by atoms with Crippen LogP contribution in [0.1, 0.15) is 118 Å². The van der Waals surface area contributed by atoms with E-state index in [1.54, 1.807) is 13.8 Å². The summed E-state index contributed by atoms with van der Waals surface area (Å²) in [6.07, 6.45) is 13.7. The first-order valence-corrected chi connectivity index (χ1v) is 12.0. The average molecular weight is 535 g/mol. The van der Waals surface area contributed by atoms with E-state index in [1.807, 2.05) is 0 Å². The first-order valence-electron chi connectivity index (χ1n) is 12.0. The molecule has 6 heteroatoms. The molecule has 2 radical (unpaired) electrons. The second-order valence-electron chi connectivity index (χ2n) is 8.08.